The van der Waals surface area contributed by atoms with Gasteiger partial charge in [-0.15, -0.1) is 0 Å². The first-order chi connectivity index (χ1) is 17.4. The number of hydrogen-bond donors (Lipinski definition) is 3. The van der Waals surface area contributed by atoms with Crippen molar-refractivity contribution in [2.45, 2.75) is 63.5 Å². The van der Waals surface area contributed by atoms with Crippen LogP contribution in [0.5, 0.6) is 0 Å². The zero-order valence-corrected chi connectivity index (χ0v) is 20.7. The van der Waals surface area contributed by atoms with E-state index in [0.29, 0.717) is 17.8 Å². The third-order valence-electron chi connectivity index (χ3n) is 8.73. The van der Waals surface area contributed by atoms with Gasteiger partial charge in [-0.05, 0) is 105 Å². The van der Waals surface area contributed by atoms with E-state index in [-0.39, 0.29) is 23.3 Å². The molecule has 190 valence electrons. The monoisotopic (exact) mass is 490 g/mol. The van der Waals surface area contributed by atoms with Crippen LogP contribution < -0.4 is 20.9 Å². The van der Waals surface area contributed by atoms with Crippen LogP contribution >= 0.6 is 0 Å². The highest BCUT2D eigenvalue weighted by Crippen LogP contribution is 2.55. The number of rotatable bonds is 6. The molecule has 0 unspecified atom stereocenters. The number of urea groups is 1. The van der Waals surface area contributed by atoms with Crippen LogP contribution in [0.15, 0.2) is 42.5 Å². The van der Waals surface area contributed by atoms with E-state index in [9.17, 15) is 14.0 Å². The molecule has 0 atom stereocenters. The van der Waals surface area contributed by atoms with E-state index in [1.165, 1.54) is 31.4 Å². The molecule has 0 spiro atoms. The smallest absolute Gasteiger partial charge is 0.319 e. The summed E-state index contributed by atoms with van der Waals surface area (Å²) in [6.07, 6.45) is 9.48. The van der Waals surface area contributed by atoms with Crippen LogP contribution in [0.4, 0.5) is 20.6 Å². The highest BCUT2D eigenvalue weighted by molar-refractivity contribution is 6.02. The minimum absolute atomic E-state index is 0.0658. The number of carbonyl (C=O) groups excluding carboxylic acids is 2. The molecule has 1 saturated heterocycles. The van der Waals surface area contributed by atoms with Crippen molar-refractivity contribution < 1.29 is 14.0 Å². The zero-order valence-electron chi connectivity index (χ0n) is 20.7. The van der Waals surface area contributed by atoms with E-state index in [1.54, 1.807) is 18.2 Å². The van der Waals surface area contributed by atoms with Gasteiger partial charge in [0.2, 0.25) is 0 Å². The Bertz CT molecular complexity index is 1110. The van der Waals surface area contributed by atoms with Gasteiger partial charge >= 0.3 is 6.03 Å². The Labute approximate surface area is 212 Å². The van der Waals surface area contributed by atoms with Crippen LogP contribution in [0.25, 0.3) is 0 Å². The number of carbonyl (C=O) groups is 2. The van der Waals surface area contributed by atoms with Crippen molar-refractivity contribution in [3.05, 3.63) is 59.4 Å². The molecule has 4 bridgehead atoms. The van der Waals surface area contributed by atoms with Crippen LogP contribution in [0.2, 0.25) is 0 Å². The highest BCUT2D eigenvalue weighted by atomic mass is 19.1. The second kappa shape index (κ2) is 9.41. The van der Waals surface area contributed by atoms with Crippen molar-refractivity contribution >= 4 is 23.3 Å². The number of anilines is 2. The van der Waals surface area contributed by atoms with Crippen molar-refractivity contribution in [2.24, 2.45) is 17.8 Å². The second-order valence-electron chi connectivity index (χ2n) is 11.5. The van der Waals surface area contributed by atoms with Gasteiger partial charge in [-0.2, -0.15) is 0 Å². The Morgan fingerprint density at radius 2 is 1.56 bits per heavy atom. The first-order valence-electron chi connectivity index (χ1n) is 13.5. The van der Waals surface area contributed by atoms with Crippen LogP contribution in [0, 0.1) is 23.6 Å². The number of halogens is 1. The minimum Gasteiger partial charge on any atom is -0.371 e. The van der Waals surface area contributed by atoms with Gasteiger partial charge in [0.1, 0.15) is 5.82 Å². The lowest BCUT2D eigenvalue weighted by atomic mass is 9.53. The third-order valence-corrected chi connectivity index (χ3v) is 8.73. The number of benzene rings is 2. The van der Waals surface area contributed by atoms with Gasteiger partial charge in [-0.1, -0.05) is 12.1 Å². The summed E-state index contributed by atoms with van der Waals surface area (Å²) in [7, 11) is 0. The lowest BCUT2D eigenvalue weighted by molar-refractivity contribution is -0.0127. The van der Waals surface area contributed by atoms with Crippen molar-refractivity contribution in [1.82, 2.24) is 10.6 Å². The molecule has 36 heavy (non-hydrogen) atoms. The fourth-order valence-electron chi connectivity index (χ4n) is 7.58. The molecule has 4 aliphatic carbocycles. The molecule has 0 aromatic heterocycles. The molecule has 5 aliphatic rings. The molecule has 2 aromatic rings. The van der Waals surface area contributed by atoms with Crippen LogP contribution in [-0.4, -0.2) is 30.6 Å². The van der Waals surface area contributed by atoms with Gasteiger partial charge in [-0.3, -0.25) is 4.79 Å². The molecule has 2 aromatic carbocycles. The maximum Gasteiger partial charge on any atom is 0.319 e. The summed E-state index contributed by atoms with van der Waals surface area (Å²) in [5, 5.41) is 9.34. The molecule has 1 aliphatic heterocycles. The molecule has 3 N–H and O–H groups in total. The van der Waals surface area contributed by atoms with Crippen molar-refractivity contribution in [3.8, 4) is 0 Å². The Kier molecular flexibility index (Phi) is 6.10. The SMILES string of the molecule is O=C(Nc1ccc(N2CCCC2)c(C(=O)NCc2ccc(F)cc2)c1)NC12CC3CC(CC(C3)C1)C2. The summed E-state index contributed by atoms with van der Waals surface area (Å²) in [5.74, 6) is 1.77. The number of amides is 3. The molecule has 5 fully saturated rings. The summed E-state index contributed by atoms with van der Waals surface area (Å²) in [6, 6.07) is 11.6. The van der Waals surface area contributed by atoms with E-state index < -0.39 is 0 Å². The molecular formula is C29H35FN4O2. The normalized spacial score (nSPS) is 28.2. The molecule has 3 amide bonds. The Morgan fingerprint density at radius 1 is 0.917 bits per heavy atom. The summed E-state index contributed by atoms with van der Waals surface area (Å²) >= 11 is 0. The first kappa shape index (κ1) is 23.3. The second-order valence-corrected chi connectivity index (χ2v) is 11.5. The molecular weight excluding hydrogens is 455 g/mol. The van der Waals surface area contributed by atoms with Crippen molar-refractivity contribution in [1.29, 1.82) is 0 Å². The van der Waals surface area contributed by atoms with Gasteiger partial charge < -0.3 is 20.9 Å². The molecule has 6 nitrogen and oxygen atoms in total. The fourth-order valence-corrected chi connectivity index (χ4v) is 7.58. The van der Waals surface area contributed by atoms with E-state index in [2.05, 4.69) is 20.9 Å². The summed E-state index contributed by atoms with van der Waals surface area (Å²) < 4.78 is 13.2. The van der Waals surface area contributed by atoms with E-state index in [4.69, 9.17) is 0 Å². The predicted octanol–water partition coefficient (Wildman–Crippen LogP) is 5.45. The number of nitrogens with one attached hydrogen (secondary N) is 3. The van der Waals surface area contributed by atoms with Gasteiger partial charge in [0.05, 0.1) is 5.56 Å². The molecule has 7 heteroatoms. The van der Waals surface area contributed by atoms with Crippen LogP contribution in [-0.2, 0) is 6.54 Å². The summed E-state index contributed by atoms with van der Waals surface area (Å²) in [5.41, 5.74) is 2.82. The van der Waals surface area contributed by atoms with Gasteiger partial charge in [0, 0.05) is 36.5 Å². The maximum absolute atomic E-state index is 13.3. The molecule has 4 saturated carbocycles. The Morgan fingerprint density at radius 3 is 2.19 bits per heavy atom. The zero-order chi connectivity index (χ0) is 24.7. The topological polar surface area (TPSA) is 73.5 Å². The van der Waals surface area contributed by atoms with E-state index in [1.807, 2.05) is 12.1 Å². The minimum atomic E-state index is -0.299. The summed E-state index contributed by atoms with van der Waals surface area (Å²) in [4.78, 5) is 28.6. The molecule has 7 rings (SSSR count). The van der Waals surface area contributed by atoms with Crippen molar-refractivity contribution in [2.75, 3.05) is 23.3 Å². The van der Waals surface area contributed by atoms with Crippen molar-refractivity contribution in [3.63, 3.8) is 0 Å². The molecule has 0 radical (unpaired) electrons. The van der Waals surface area contributed by atoms with Crippen LogP contribution in [0.1, 0.15) is 67.3 Å². The maximum atomic E-state index is 13.3. The molecule has 1 heterocycles. The lowest BCUT2D eigenvalue weighted by Gasteiger charge is -2.56. The van der Waals surface area contributed by atoms with E-state index in [0.717, 1.165) is 74.2 Å². The largest absolute Gasteiger partial charge is 0.371 e. The average Bonchev–Trinajstić information content (AvgIpc) is 3.37. The fraction of sp³-hybridized carbons (Fsp3) is 0.517. The van der Waals surface area contributed by atoms with Gasteiger partial charge in [0.15, 0.2) is 0 Å². The third kappa shape index (κ3) is 4.80. The Hall–Kier alpha value is -3.09. The Balaban J connectivity index is 1.17. The highest BCUT2D eigenvalue weighted by Gasteiger charge is 2.51. The standard InChI is InChI=1S/C29H35FN4O2/c30-23-5-3-19(4-6-23)18-31-27(35)25-14-24(7-8-26(25)34-9-1-2-10-34)32-28(36)33-29-15-20-11-21(16-29)13-22(12-20)17-29/h3-8,14,20-22H,1-2,9-13,15-18H2,(H,31,35)(H2,32,33,36). The van der Waals surface area contributed by atoms with Gasteiger partial charge in [-0.25, -0.2) is 9.18 Å². The van der Waals surface area contributed by atoms with E-state index >= 15 is 0 Å². The summed E-state index contributed by atoms with van der Waals surface area (Å²) in [6.45, 7) is 2.14. The predicted molar refractivity (Wildman–Crippen MR) is 139 cm³/mol. The quantitative estimate of drug-likeness (QED) is 0.504. The van der Waals surface area contributed by atoms with Gasteiger partial charge in [0.25, 0.3) is 5.91 Å². The van der Waals surface area contributed by atoms with Crippen LogP contribution in [0.3, 0.4) is 0 Å². The number of nitrogens with zero attached hydrogens (tertiary/aromatic N) is 1. The lowest BCUT2D eigenvalue weighted by Crippen LogP contribution is -2.60. The number of hydrogen-bond acceptors (Lipinski definition) is 3. The first-order valence-corrected chi connectivity index (χ1v) is 13.5. The average molecular weight is 491 g/mol.